The third-order valence-corrected chi connectivity index (χ3v) is 6.43. The number of rotatable bonds is 2. The summed E-state index contributed by atoms with van der Waals surface area (Å²) in [6, 6.07) is 11.4. The number of benzene rings is 2. The highest BCUT2D eigenvalue weighted by Gasteiger charge is 2.33. The number of phenols is 1. The van der Waals surface area contributed by atoms with E-state index in [9.17, 15) is 9.90 Å². The van der Waals surface area contributed by atoms with Crippen LogP contribution in [0.15, 0.2) is 41.3 Å². The van der Waals surface area contributed by atoms with Crippen molar-refractivity contribution in [2.24, 2.45) is 0 Å². The maximum absolute atomic E-state index is 12.8. The van der Waals surface area contributed by atoms with Gasteiger partial charge in [0.2, 0.25) is 0 Å². The second kappa shape index (κ2) is 7.30. The number of amides is 1. The van der Waals surface area contributed by atoms with Crippen LogP contribution in [0.2, 0.25) is 0 Å². The Morgan fingerprint density at radius 1 is 1.21 bits per heavy atom. The topological polar surface area (TPSA) is 40.5 Å². The maximum atomic E-state index is 12.8. The summed E-state index contributed by atoms with van der Waals surface area (Å²) in [5.41, 5.74) is 2.69. The lowest BCUT2D eigenvalue weighted by Gasteiger charge is -2.16. The van der Waals surface area contributed by atoms with Gasteiger partial charge < -0.3 is 5.11 Å². The molecule has 1 aliphatic rings. The van der Waals surface area contributed by atoms with Gasteiger partial charge in [-0.25, -0.2) is 0 Å². The van der Waals surface area contributed by atoms with Crippen molar-refractivity contribution in [3.63, 3.8) is 0 Å². The van der Waals surface area contributed by atoms with Crippen LogP contribution in [0.4, 0.5) is 5.69 Å². The molecular weight excluding hydrogens is 568 g/mol. The number of anilines is 1. The first-order chi connectivity index (χ1) is 11.4. The Hall–Kier alpha value is -0.650. The molecule has 0 radical (unpaired) electrons. The van der Waals surface area contributed by atoms with Crippen molar-refractivity contribution in [1.29, 1.82) is 0 Å². The summed E-state index contributed by atoms with van der Waals surface area (Å²) >= 11 is 10.9. The van der Waals surface area contributed by atoms with Crippen molar-refractivity contribution in [3.05, 3.63) is 59.6 Å². The molecule has 2 aromatic carbocycles. The molecule has 1 saturated heterocycles. The van der Waals surface area contributed by atoms with Crippen molar-refractivity contribution in [3.8, 4) is 5.75 Å². The molecule has 1 N–H and O–H groups in total. The maximum Gasteiger partial charge on any atom is 0.270 e. The van der Waals surface area contributed by atoms with Crippen LogP contribution < -0.4 is 4.90 Å². The molecule has 0 unspecified atom stereocenters. The Kier molecular flexibility index (Phi) is 5.52. The Bertz CT molecular complexity index is 873. The molecule has 3 nitrogen and oxygen atoms in total. The number of carbonyl (C=O) groups is 1. The number of thioether (sulfide) groups is 1. The van der Waals surface area contributed by atoms with Crippen molar-refractivity contribution in [2.75, 3.05) is 4.90 Å². The highest BCUT2D eigenvalue weighted by Crippen LogP contribution is 2.38. The van der Waals surface area contributed by atoms with E-state index in [2.05, 4.69) is 45.2 Å². The van der Waals surface area contributed by atoms with E-state index in [1.807, 2.05) is 49.4 Å². The van der Waals surface area contributed by atoms with Crippen molar-refractivity contribution in [1.82, 2.24) is 0 Å². The summed E-state index contributed by atoms with van der Waals surface area (Å²) in [4.78, 5) is 15.0. The van der Waals surface area contributed by atoms with E-state index < -0.39 is 0 Å². The number of para-hydroxylation sites is 1. The summed E-state index contributed by atoms with van der Waals surface area (Å²) in [6.07, 6.45) is 1.82. The second-order valence-electron chi connectivity index (χ2n) is 5.14. The number of aryl methyl sites for hydroxylation is 1. The number of nitrogens with zero attached hydrogens (tertiary/aromatic N) is 1. The normalized spacial score (nSPS) is 16.3. The zero-order valence-corrected chi connectivity index (χ0v) is 18.4. The molecule has 1 aliphatic heterocycles. The Labute approximate surface area is 176 Å². The average molecular weight is 579 g/mol. The van der Waals surface area contributed by atoms with Crippen LogP contribution in [0.1, 0.15) is 11.1 Å². The summed E-state index contributed by atoms with van der Waals surface area (Å²) in [5, 5.41) is 9.87. The summed E-state index contributed by atoms with van der Waals surface area (Å²) < 4.78 is 2.03. The standard InChI is InChI=1S/C17H11I2NO2S2/c1-9-4-2-3-5-13(9)20-16(22)14(24-17(20)23)8-10-6-11(18)15(21)12(19)7-10/h2-8,21H,1H3. The lowest BCUT2D eigenvalue weighted by Crippen LogP contribution is -2.28. The quantitative estimate of drug-likeness (QED) is 0.298. The lowest BCUT2D eigenvalue weighted by atomic mass is 10.1. The summed E-state index contributed by atoms with van der Waals surface area (Å²) in [5.74, 6) is 0.151. The molecule has 0 aromatic heterocycles. The third-order valence-electron chi connectivity index (χ3n) is 3.49. The molecule has 7 heteroatoms. The number of hydrogen-bond donors (Lipinski definition) is 1. The molecule has 0 spiro atoms. The Morgan fingerprint density at radius 3 is 2.46 bits per heavy atom. The minimum Gasteiger partial charge on any atom is -0.506 e. The monoisotopic (exact) mass is 579 g/mol. The number of carbonyl (C=O) groups excluding carboxylic acids is 1. The highest BCUT2D eigenvalue weighted by atomic mass is 127. The molecule has 122 valence electrons. The van der Waals surface area contributed by atoms with E-state index in [-0.39, 0.29) is 11.7 Å². The van der Waals surface area contributed by atoms with Gasteiger partial charge in [-0.1, -0.05) is 42.2 Å². The van der Waals surface area contributed by atoms with Gasteiger partial charge in [-0.2, -0.15) is 0 Å². The Morgan fingerprint density at radius 2 is 1.83 bits per heavy atom. The molecule has 0 aliphatic carbocycles. The number of phenolic OH excluding ortho intramolecular Hbond substituents is 1. The molecule has 3 rings (SSSR count). The summed E-state index contributed by atoms with van der Waals surface area (Å²) in [6.45, 7) is 1.96. The molecular formula is C17H11I2NO2S2. The Balaban J connectivity index is 1.99. The van der Waals surface area contributed by atoms with E-state index >= 15 is 0 Å². The molecule has 0 atom stereocenters. The van der Waals surface area contributed by atoms with Crippen LogP contribution >= 0.6 is 69.2 Å². The molecule has 1 heterocycles. The van der Waals surface area contributed by atoms with Crippen LogP contribution in [0, 0.1) is 14.1 Å². The smallest absolute Gasteiger partial charge is 0.270 e. The predicted molar refractivity (Wildman–Crippen MR) is 120 cm³/mol. The van der Waals surface area contributed by atoms with Gasteiger partial charge in [0.05, 0.1) is 17.7 Å². The van der Waals surface area contributed by atoms with E-state index in [1.54, 1.807) is 4.90 Å². The predicted octanol–water partition coefficient (Wildman–Crippen LogP) is 5.32. The van der Waals surface area contributed by atoms with Gasteiger partial charge in [-0.05, 0) is 87.5 Å². The second-order valence-corrected chi connectivity index (χ2v) is 9.14. The van der Waals surface area contributed by atoms with Gasteiger partial charge in [0.1, 0.15) is 5.75 Å². The fourth-order valence-electron chi connectivity index (χ4n) is 2.31. The van der Waals surface area contributed by atoms with Crippen molar-refractivity contribution >= 4 is 91.2 Å². The molecule has 1 fully saturated rings. The zero-order valence-electron chi connectivity index (χ0n) is 12.4. The molecule has 1 amide bonds. The largest absolute Gasteiger partial charge is 0.506 e. The molecule has 24 heavy (non-hydrogen) atoms. The van der Waals surface area contributed by atoms with Gasteiger partial charge in [0.15, 0.2) is 4.32 Å². The van der Waals surface area contributed by atoms with Gasteiger partial charge >= 0.3 is 0 Å². The average Bonchev–Trinajstić information content (AvgIpc) is 2.80. The third kappa shape index (κ3) is 3.49. The van der Waals surface area contributed by atoms with E-state index in [0.717, 1.165) is 24.0 Å². The minimum atomic E-state index is -0.114. The first-order valence-corrected chi connectivity index (χ1v) is 10.3. The van der Waals surface area contributed by atoms with Gasteiger partial charge in [-0.3, -0.25) is 9.69 Å². The summed E-state index contributed by atoms with van der Waals surface area (Å²) in [7, 11) is 0. The molecule has 0 saturated carbocycles. The fourth-order valence-corrected chi connectivity index (χ4v) is 5.41. The van der Waals surface area contributed by atoms with Crippen molar-refractivity contribution < 1.29 is 9.90 Å². The van der Waals surface area contributed by atoms with Gasteiger partial charge in [0.25, 0.3) is 5.91 Å². The van der Waals surface area contributed by atoms with Crippen LogP contribution in [0.5, 0.6) is 5.75 Å². The van der Waals surface area contributed by atoms with E-state index in [1.165, 1.54) is 11.8 Å². The lowest BCUT2D eigenvalue weighted by molar-refractivity contribution is -0.113. The minimum absolute atomic E-state index is 0.114. The molecule has 2 aromatic rings. The number of hydrogen-bond acceptors (Lipinski definition) is 4. The number of aromatic hydroxyl groups is 1. The molecule has 0 bridgehead atoms. The zero-order chi connectivity index (χ0) is 17.4. The van der Waals surface area contributed by atoms with Crippen LogP contribution in [0.3, 0.4) is 0 Å². The number of halogens is 2. The highest BCUT2D eigenvalue weighted by molar-refractivity contribution is 14.1. The fraction of sp³-hybridized carbons (Fsp3) is 0.0588. The van der Waals surface area contributed by atoms with Gasteiger partial charge in [-0.15, -0.1) is 0 Å². The van der Waals surface area contributed by atoms with Crippen molar-refractivity contribution in [2.45, 2.75) is 6.92 Å². The van der Waals surface area contributed by atoms with E-state index in [0.29, 0.717) is 9.23 Å². The van der Waals surface area contributed by atoms with Crippen LogP contribution in [-0.2, 0) is 4.79 Å². The number of thiocarbonyl (C=S) groups is 1. The first-order valence-electron chi connectivity index (χ1n) is 6.90. The first kappa shape index (κ1) is 18.2. The van der Waals surface area contributed by atoms with E-state index in [4.69, 9.17) is 12.2 Å². The van der Waals surface area contributed by atoms with Crippen LogP contribution in [-0.4, -0.2) is 15.3 Å². The van der Waals surface area contributed by atoms with Crippen LogP contribution in [0.25, 0.3) is 6.08 Å². The van der Waals surface area contributed by atoms with Gasteiger partial charge in [0, 0.05) is 0 Å². The SMILES string of the molecule is Cc1ccccc1N1C(=O)C(=Cc2cc(I)c(O)c(I)c2)SC1=S.